The highest BCUT2D eigenvalue weighted by atomic mass is 16.5. The number of hydrogen-bond donors (Lipinski definition) is 1. The van der Waals surface area contributed by atoms with E-state index in [1.54, 1.807) is 0 Å². The summed E-state index contributed by atoms with van der Waals surface area (Å²) in [7, 11) is 0. The molecular weight excluding hydrogens is 226 g/mol. The third-order valence-corrected chi connectivity index (χ3v) is 3.42. The summed E-state index contributed by atoms with van der Waals surface area (Å²) in [5.41, 5.74) is 4.43. The monoisotopic (exact) mass is 243 g/mol. The first kappa shape index (κ1) is 11.4. The summed E-state index contributed by atoms with van der Waals surface area (Å²) in [6.07, 6.45) is 5.98. The Kier molecular flexibility index (Phi) is 3.37. The summed E-state index contributed by atoms with van der Waals surface area (Å²) < 4.78 is 4.69. The van der Waals surface area contributed by atoms with Crippen LogP contribution >= 0.6 is 0 Å². The van der Waals surface area contributed by atoms with Gasteiger partial charge in [0.25, 0.3) is 0 Å². The molecule has 0 atom stereocenters. The number of fused-ring (bicyclic) bond motifs is 1. The number of nitrogens with one attached hydrogen (secondary N) is 1. The van der Waals surface area contributed by atoms with Crippen molar-refractivity contribution in [2.75, 3.05) is 6.54 Å². The van der Waals surface area contributed by atoms with Crippen molar-refractivity contribution in [2.45, 2.75) is 32.2 Å². The molecule has 0 fully saturated rings. The fraction of sp³-hybridized carbons (Fsp3) is 0.429. The van der Waals surface area contributed by atoms with Gasteiger partial charge in [0.15, 0.2) is 5.82 Å². The Labute approximate surface area is 106 Å². The number of rotatable bonds is 5. The molecule has 4 nitrogen and oxygen atoms in total. The normalized spacial score (nSPS) is 13.8. The number of aromatic nitrogens is 2. The third kappa shape index (κ3) is 2.59. The first-order valence-electron chi connectivity index (χ1n) is 6.48. The maximum atomic E-state index is 4.69. The van der Waals surface area contributed by atoms with E-state index >= 15 is 0 Å². The molecule has 0 saturated carbocycles. The van der Waals surface area contributed by atoms with Gasteiger partial charge in [-0.15, -0.1) is 0 Å². The van der Waals surface area contributed by atoms with Crippen LogP contribution in [0, 0.1) is 0 Å². The molecule has 1 aliphatic carbocycles. The van der Waals surface area contributed by atoms with Crippen LogP contribution in [0.1, 0.15) is 28.9 Å². The molecule has 2 aromatic rings. The van der Waals surface area contributed by atoms with Crippen molar-refractivity contribution in [3.05, 3.63) is 47.1 Å². The Morgan fingerprint density at radius 2 is 2.17 bits per heavy atom. The van der Waals surface area contributed by atoms with Crippen molar-refractivity contribution in [3.8, 4) is 0 Å². The third-order valence-electron chi connectivity index (χ3n) is 3.42. The first-order valence-corrected chi connectivity index (χ1v) is 6.48. The van der Waals surface area contributed by atoms with Crippen LogP contribution in [0.4, 0.5) is 0 Å². The fourth-order valence-corrected chi connectivity index (χ4v) is 2.47. The van der Waals surface area contributed by atoms with E-state index in [2.05, 4.69) is 33.7 Å². The molecule has 1 heterocycles. The van der Waals surface area contributed by atoms with E-state index < -0.39 is 0 Å². The van der Waals surface area contributed by atoms with E-state index in [1.807, 2.05) is 0 Å². The highest BCUT2D eigenvalue weighted by molar-refractivity contribution is 5.35. The molecule has 0 aliphatic heterocycles. The maximum absolute atomic E-state index is 4.69. The quantitative estimate of drug-likeness (QED) is 0.815. The highest BCUT2D eigenvalue weighted by Gasteiger charge is 2.10. The predicted octanol–water partition coefficient (Wildman–Crippen LogP) is 1.89. The second kappa shape index (κ2) is 5.31. The minimum atomic E-state index is 0.761. The van der Waals surface area contributed by atoms with Gasteiger partial charge in [0, 0.05) is 19.5 Å². The van der Waals surface area contributed by atoms with Crippen LogP contribution in [0.25, 0.3) is 0 Å². The van der Waals surface area contributed by atoms with Gasteiger partial charge in [-0.3, -0.25) is 0 Å². The van der Waals surface area contributed by atoms with Crippen molar-refractivity contribution in [3.63, 3.8) is 0 Å². The summed E-state index contributed by atoms with van der Waals surface area (Å²) in [6.45, 7) is 1.78. The van der Waals surface area contributed by atoms with Gasteiger partial charge in [-0.1, -0.05) is 23.4 Å². The van der Waals surface area contributed by atoms with E-state index in [9.17, 15) is 0 Å². The van der Waals surface area contributed by atoms with Crippen molar-refractivity contribution >= 4 is 0 Å². The molecule has 18 heavy (non-hydrogen) atoms. The smallest absolute Gasteiger partial charge is 0.213 e. The van der Waals surface area contributed by atoms with Crippen LogP contribution < -0.4 is 5.32 Å². The van der Waals surface area contributed by atoms with Crippen LogP contribution in [0.15, 0.2) is 29.1 Å². The summed E-state index contributed by atoms with van der Waals surface area (Å²) in [4.78, 5) is 3.99. The van der Waals surface area contributed by atoms with Crippen molar-refractivity contribution in [1.82, 2.24) is 15.5 Å². The van der Waals surface area contributed by atoms with Gasteiger partial charge in [0.1, 0.15) is 0 Å². The molecule has 1 aromatic heterocycles. The summed E-state index contributed by atoms with van der Waals surface area (Å²) >= 11 is 0. The molecule has 0 amide bonds. The van der Waals surface area contributed by atoms with Gasteiger partial charge in [0.2, 0.25) is 6.39 Å². The Balaban J connectivity index is 1.48. The lowest BCUT2D eigenvalue weighted by Crippen LogP contribution is -2.17. The van der Waals surface area contributed by atoms with Gasteiger partial charge in [-0.05, 0) is 36.0 Å². The molecule has 1 aliphatic rings. The first-order chi connectivity index (χ1) is 8.92. The van der Waals surface area contributed by atoms with Crippen molar-refractivity contribution < 1.29 is 4.52 Å². The molecule has 4 heteroatoms. The summed E-state index contributed by atoms with van der Waals surface area (Å²) in [5.74, 6) is 0.761. The van der Waals surface area contributed by atoms with E-state index in [-0.39, 0.29) is 0 Å². The van der Waals surface area contributed by atoms with Crippen molar-refractivity contribution in [1.29, 1.82) is 0 Å². The zero-order chi connectivity index (χ0) is 12.2. The standard InChI is InChI=1S/C14H17N3O/c1-2-12-5-4-11(8-13(12)3-1)9-15-7-6-14-16-10-18-17-14/h4-5,8,10,15H,1-3,6-7,9H2. The van der Waals surface area contributed by atoms with Crippen LogP contribution in [-0.2, 0) is 25.8 Å². The van der Waals surface area contributed by atoms with E-state index in [1.165, 1.54) is 42.3 Å². The van der Waals surface area contributed by atoms with Crippen LogP contribution in [0.3, 0.4) is 0 Å². The lowest BCUT2D eigenvalue weighted by molar-refractivity contribution is 0.409. The zero-order valence-electron chi connectivity index (χ0n) is 10.4. The largest absolute Gasteiger partial charge is 0.343 e. The molecule has 0 spiro atoms. The van der Waals surface area contributed by atoms with Crippen LogP contribution in [0.5, 0.6) is 0 Å². The second-order valence-corrected chi connectivity index (χ2v) is 4.73. The highest BCUT2D eigenvalue weighted by Crippen LogP contribution is 2.22. The molecular formula is C14H17N3O. The molecule has 0 saturated heterocycles. The van der Waals surface area contributed by atoms with Gasteiger partial charge < -0.3 is 9.84 Å². The predicted molar refractivity (Wildman–Crippen MR) is 68.2 cm³/mol. The van der Waals surface area contributed by atoms with E-state index in [0.29, 0.717) is 0 Å². The van der Waals surface area contributed by atoms with Gasteiger partial charge in [0.05, 0.1) is 0 Å². The average molecular weight is 243 g/mol. The topological polar surface area (TPSA) is 51.0 Å². The summed E-state index contributed by atoms with van der Waals surface area (Å²) in [5, 5.41) is 7.19. The lowest BCUT2D eigenvalue weighted by atomic mass is 10.1. The molecule has 3 rings (SSSR count). The molecule has 1 N–H and O–H groups in total. The van der Waals surface area contributed by atoms with Gasteiger partial charge in [-0.25, -0.2) is 0 Å². The Morgan fingerprint density at radius 1 is 1.22 bits per heavy atom. The summed E-state index contributed by atoms with van der Waals surface area (Å²) in [6, 6.07) is 6.84. The molecule has 0 radical (unpaired) electrons. The molecule has 0 unspecified atom stereocenters. The Bertz CT molecular complexity index is 508. The zero-order valence-corrected chi connectivity index (χ0v) is 10.4. The number of hydrogen-bond acceptors (Lipinski definition) is 4. The number of nitrogens with zero attached hydrogens (tertiary/aromatic N) is 2. The second-order valence-electron chi connectivity index (χ2n) is 4.73. The van der Waals surface area contributed by atoms with E-state index in [4.69, 9.17) is 4.52 Å². The maximum Gasteiger partial charge on any atom is 0.213 e. The Hall–Kier alpha value is -1.68. The number of aryl methyl sites for hydroxylation is 2. The minimum Gasteiger partial charge on any atom is -0.343 e. The van der Waals surface area contributed by atoms with Crippen LogP contribution in [-0.4, -0.2) is 16.7 Å². The van der Waals surface area contributed by atoms with Gasteiger partial charge in [-0.2, -0.15) is 4.98 Å². The van der Waals surface area contributed by atoms with Gasteiger partial charge >= 0.3 is 0 Å². The average Bonchev–Trinajstić information content (AvgIpc) is 3.05. The molecule has 1 aromatic carbocycles. The molecule has 0 bridgehead atoms. The van der Waals surface area contributed by atoms with Crippen LogP contribution in [0.2, 0.25) is 0 Å². The SMILES string of the molecule is c1nc(CCNCc2ccc3c(c2)CCC3)no1. The van der Waals surface area contributed by atoms with E-state index in [0.717, 1.165) is 25.3 Å². The lowest BCUT2D eigenvalue weighted by Gasteiger charge is -2.06. The fourth-order valence-electron chi connectivity index (χ4n) is 2.47. The van der Waals surface area contributed by atoms with Crippen molar-refractivity contribution in [2.24, 2.45) is 0 Å². The number of benzene rings is 1. The minimum absolute atomic E-state index is 0.761. The molecule has 94 valence electrons. The Morgan fingerprint density at radius 3 is 3.06 bits per heavy atom.